The molecule has 0 radical (unpaired) electrons. The lowest BCUT2D eigenvalue weighted by Crippen LogP contribution is -2.61. The van der Waals surface area contributed by atoms with Crippen LogP contribution in [0.1, 0.15) is 83.1 Å². The summed E-state index contributed by atoms with van der Waals surface area (Å²) in [6.07, 6.45) is 19.1. The highest BCUT2D eigenvalue weighted by Gasteiger charge is 2.45. The predicted octanol–water partition coefficient (Wildman–Crippen LogP) is 6.05. The van der Waals surface area contributed by atoms with Crippen LogP contribution in [-0.2, 0) is 9.53 Å². The Balaban J connectivity index is 1.30. The second-order valence-electron chi connectivity index (χ2n) is 11.1. The van der Waals surface area contributed by atoms with Gasteiger partial charge in [-0.25, -0.2) is 4.79 Å². The third-order valence-electron chi connectivity index (χ3n) is 9.08. The third kappa shape index (κ3) is 5.01. The lowest BCUT2D eigenvalue weighted by atomic mass is 9.68. The molecule has 180 valence electrons. The first kappa shape index (κ1) is 23.0. The van der Waals surface area contributed by atoms with Gasteiger partial charge in [0.2, 0.25) is 0 Å². The van der Waals surface area contributed by atoms with Crippen molar-refractivity contribution in [3.05, 3.63) is 35.9 Å². The minimum absolute atomic E-state index is 0.268. The second-order valence-corrected chi connectivity index (χ2v) is 11.1. The molecule has 4 bridgehead atoms. The monoisotopic (exact) mass is 450 g/mol. The van der Waals surface area contributed by atoms with E-state index in [4.69, 9.17) is 4.74 Å². The zero-order valence-electron chi connectivity index (χ0n) is 20.6. The molecule has 2 saturated heterocycles. The van der Waals surface area contributed by atoms with E-state index in [9.17, 15) is 4.79 Å². The Morgan fingerprint density at radius 2 is 1.64 bits per heavy atom. The Morgan fingerprint density at radius 3 is 2.33 bits per heavy atom. The van der Waals surface area contributed by atoms with Crippen LogP contribution in [0, 0.1) is 11.8 Å². The molecule has 1 aromatic rings. The number of para-hydroxylation sites is 1. The molecular formula is C29H42N2O2. The van der Waals surface area contributed by atoms with E-state index >= 15 is 0 Å². The summed E-state index contributed by atoms with van der Waals surface area (Å²) < 4.78 is 5.08. The van der Waals surface area contributed by atoms with Crippen molar-refractivity contribution >= 4 is 17.7 Å². The van der Waals surface area contributed by atoms with E-state index in [0.29, 0.717) is 12.6 Å². The van der Waals surface area contributed by atoms with E-state index in [1.807, 2.05) is 13.0 Å². The summed E-state index contributed by atoms with van der Waals surface area (Å²) in [7, 11) is 2.26. The van der Waals surface area contributed by atoms with E-state index in [1.165, 1.54) is 76.3 Å². The van der Waals surface area contributed by atoms with E-state index < -0.39 is 0 Å². The number of piperidine rings is 2. The van der Waals surface area contributed by atoms with Crippen LogP contribution >= 0.6 is 0 Å². The average Bonchev–Trinajstić information content (AvgIpc) is 2.81. The number of benzene rings is 1. The maximum atomic E-state index is 11.9. The first-order chi connectivity index (χ1) is 16.1. The molecule has 4 fully saturated rings. The summed E-state index contributed by atoms with van der Waals surface area (Å²) in [5.41, 5.74) is 2.32. The van der Waals surface area contributed by atoms with E-state index in [1.54, 1.807) is 6.08 Å². The molecule has 4 nitrogen and oxygen atoms in total. The Morgan fingerprint density at radius 1 is 0.970 bits per heavy atom. The molecule has 4 heteroatoms. The first-order valence-corrected chi connectivity index (χ1v) is 13.6. The van der Waals surface area contributed by atoms with Crippen LogP contribution in [0.3, 0.4) is 0 Å². The Bertz CT molecular complexity index is 826. The van der Waals surface area contributed by atoms with Crippen molar-refractivity contribution in [1.82, 2.24) is 4.90 Å². The summed E-state index contributed by atoms with van der Waals surface area (Å²) in [4.78, 5) is 17.4. The van der Waals surface area contributed by atoms with Crippen molar-refractivity contribution in [1.29, 1.82) is 0 Å². The maximum absolute atomic E-state index is 11.9. The zero-order chi connectivity index (χ0) is 22.8. The van der Waals surface area contributed by atoms with Crippen LogP contribution in [0.15, 0.2) is 30.3 Å². The van der Waals surface area contributed by atoms with Gasteiger partial charge in [0.25, 0.3) is 0 Å². The van der Waals surface area contributed by atoms with Crippen molar-refractivity contribution in [2.75, 3.05) is 18.6 Å². The molecule has 2 heterocycles. The number of hydrogen-bond acceptors (Lipinski definition) is 4. The maximum Gasteiger partial charge on any atom is 0.330 e. The third-order valence-corrected chi connectivity index (χ3v) is 9.08. The van der Waals surface area contributed by atoms with Crippen LogP contribution in [0.2, 0.25) is 0 Å². The second kappa shape index (κ2) is 10.2. The molecule has 33 heavy (non-hydrogen) atoms. The molecule has 0 amide bonds. The van der Waals surface area contributed by atoms with Crippen molar-refractivity contribution in [2.45, 2.75) is 102 Å². The highest BCUT2D eigenvalue weighted by atomic mass is 16.5. The summed E-state index contributed by atoms with van der Waals surface area (Å²) in [6.45, 7) is 2.25. The first-order valence-electron chi connectivity index (χ1n) is 13.6. The molecule has 2 saturated carbocycles. The topological polar surface area (TPSA) is 32.8 Å². The Labute approximate surface area is 200 Å². The standard InChI is InChI=1S/C29H42N2O2/c1-3-33-29(32)15-14-23-10-4-5-13-28(23)30(2)26-19-24-11-7-12-25(20-26)31(24)27-17-21-8-6-9-22(16-21)18-27/h4-5,10,13-15,21-22,24-27H,3,6-9,11-12,16-20H2,1-2H3/b15-14+/t21-,22+,24-,25+,26?,27?. The van der Waals surface area contributed by atoms with Gasteiger partial charge in [0.05, 0.1) is 6.61 Å². The largest absolute Gasteiger partial charge is 0.463 e. The number of carbonyl (C=O) groups excluding carboxylic acids is 1. The molecule has 5 rings (SSSR count). The number of nitrogens with zero attached hydrogens (tertiary/aromatic N) is 2. The van der Waals surface area contributed by atoms with Gasteiger partial charge in [0.1, 0.15) is 0 Å². The van der Waals surface area contributed by atoms with Gasteiger partial charge < -0.3 is 9.64 Å². The highest BCUT2D eigenvalue weighted by Crippen LogP contribution is 2.46. The average molecular weight is 451 g/mol. The number of anilines is 1. The van der Waals surface area contributed by atoms with Crippen LogP contribution in [0.4, 0.5) is 5.69 Å². The van der Waals surface area contributed by atoms with Gasteiger partial charge in [-0.15, -0.1) is 0 Å². The summed E-state index contributed by atoms with van der Waals surface area (Å²) in [5.74, 6) is 1.73. The van der Waals surface area contributed by atoms with Crippen LogP contribution < -0.4 is 4.90 Å². The fourth-order valence-electron chi connectivity index (χ4n) is 7.74. The zero-order valence-corrected chi connectivity index (χ0v) is 20.6. The van der Waals surface area contributed by atoms with Gasteiger partial charge in [-0.3, -0.25) is 4.90 Å². The summed E-state index contributed by atoms with van der Waals surface area (Å²) in [6, 6.07) is 11.4. The highest BCUT2D eigenvalue weighted by molar-refractivity contribution is 5.88. The van der Waals surface area contributed by atoms with Gasteiger partial charge in [0, 0.05) is 43.0 Å². The lowest BCUT2D eigenvalue weighted by molar-refractivity contribution is -0.137. The van der Waals surface area contributed by atoms with E-state index in [-0.39, 0.29) is 5.97 Å². The van der Waals surface area contributed by atoms with Gasteiger partial charge in [-0.05, 0) is 81.4 Å². The summed E-state index contributed by atoms with van der Waals surface area (Å²) in [5, 5.41) is 0. The molecule has 2 unspecified atom stereocenters. The van der Waals surface area contributed by atoms with Crippen molar-refractivity contribution in [3.63, 3.8) is 0 Å². The Hall–Kier alpha value is -1.81. The normalized spacial score (nSPS) is 34.2. The fraction of sp³-hybridized carbons (Fsp3) is 0.690. The molecule has 2 aliphatic heterocycles. The fourth-order valence-corrected chi connectivity index (χ4v) is 7.74. The van der Waals surface area contributed by atoms with Gasteiger partial charge in [-0.1, -0.05) is 43.9 Å². The molecule has 6 atom stereocenters. The molecule has 0 aromatic heterocycles. The van der Waals surface area contributed by atoms with Crippen molar-refractivity contribution in [2.24, 2.45) is 11.8 Å². The molecular weight excluding hydrogens is 408 g/mol. The minimum Gasteiger partial charge on any atom is -0.463 e. The number of rotatable bonds is 6. The predicted molar refractivity (Wildman–Crippen MR) is 135 cm³/mol. The lowest BCUT2D eigenvalue weighted by Gasteiger charge is -2.56. The smallest absolute Gasteiger partial charge is 0.330 e. The van der Waals surface area contributed by atoms with Crippen molar-refractivity contribution < 1.29 is 9.53 Å². The summed E-state index contributed by atoms with van der Waals surface area (Å²) >= 11 is 0. The number of hydrogen-bond donors (Lipinski definition) is 0. The number of ether oxygens (including phenoxy) is 1. The van der Waals surface area contributed by atoms with Crippen LogP contribution in [-0.4, -0.2) is 48.7 Å². The van der Waals surface area contributed by atoms with E-state index in [2.05, 4.69) is 41.1 Å². The number of fused-ring (bicyclic) bond motifs is 4. The van der Waals surface area contributed by atoms with Gasteiger partial charge >= 0.3 is 5.97 Å². The Kier molecular flexibility index (Phi) is 7.10. The number of carbonyl (C=O) groups is 1. The van der Waals surface area contributed by atoms with Gasteiger partial charge in [0.15, 0.2) is 0 Å². The molecule has 1 aromatic carbocycles. The quantitative estimate of drug-likeness (QED) is 0.390. The molecule has 2 aliphatic carbocycles. The molecule has 0 N–H and O–H groups in total. The van der Waals surface area contributed by atoms with Crippen LogP contribution in [0.25, 0.3) is 6.08 Å². The van der Waals surface area contributed by atoms with Gasteiger partial charge in [-0.2, -0.15) is 0 Å². The molecule has 0 spiro atoms. The van der Waals surface area contributed by atoms with Crippen LogP contribution in [0.5, 0.6) is 0 Å². The minimum atomic E-state index is -0.268. The molecule has 4 aliphatic rings. The number of esters is 1. The van der Waals surface area contributed by atoms with E-state index in [0.717, 1.165) is 35.5 Å². The SMILES string of the molecule is CCOC(=O)/C=C/c1ccccc1N(C)C1C[C@H]2CCC[C@@H](C1)N2C1C[C@H]2CCC[C@@H](C1)C2. The van der Waals surface area contributed by atoms with Crippen molar-refractivity contribution in [3.8, 4) is 0 Å².